The molecule has 4 heterocycles. The summed E-state index contributed by atoms with van der Waals surface area (Å²) < 4.78 is 14.1. The Balaban J connectivity index is 0.00000672. The third-order valence-corrected chi connectivity index (χ3v) is 22.0. The zero-order valence-corrected chi connectivity index (χ0v) is 52.9. The van der Waals surface area contributed by atoms with E-state index in [0.717, 1.165) is 49.9 Å². The second kappa shape index (κ2) is 21.1. The monoisotopic (exact) mass is 1300 g/mol. The Kier molecular flexibility index (Phi) is 13.8. The first-order valence-corrected chi connectivity index (χ1v) is 31.3. The minimum Gasteiger partial charge on any atom is -0.509 e. The van der Waals surface area contributed by atoms with E-state index in [1.54, 1.807) is 0 Å². The van der Waals surface area contributed by atoms with Crippen LogP contribution < -0.4 is 30.1 Å². The number of benzene rings is 10. The number of ether oxygens (including phenoxy) is 1. The van der Waals surface area contributed by atoms with Crippen molar-refractivity contribution in [3.63, 3.8) is 0 Å². The third kappa shape index (κ3) is 9.42. The molecular formula is C78H67N4OPtSi+. The fraction of sp³-hybridized carbons (Fsp3) is 0.154. The van der Waals surface area contributed by atoms with Gasteiger partial charge in [0.25, 0.3) is 6.33 Å². The van der Waals surface area contributed by atoms with Crippen molar-refractivity contribution in [3.8, 4) is 62.1 Å². The number of rotatable bonds is 8. The van der Waals surface area contributed by atoms with E-state index in [1.165, 1.54) is 70.9 Å². The number of para-hydroxylation sites is 1. The predicted molar refractivity (Wildman–Crippen MR) is 351 cm³/mol. The number of fused-ring (bicyclic) bond motifs is 10. The molecule has 14 rings (SSSR count). The molecule has 0 amide bonds. The zero-order valence-electron chi connectivity index (χ0n) is 49.6. The number of aromatic nitrogens is 4. The van der Waals surface area contributed by atoms with Gasteiger partial charge >= 0.3 is 21.1 Å². The zero-order chi connectivity index (χ0) is 57.7. The van der Waals surface area contributed by atoms with Crippen molar-refractivity contribution in [3.05, 3.63) is 272 Å². The van der Waals surface area contributed by atoms with Gasteiger partial charge in [-0.25, -0.2) is 9.55 Å². The van der Waals surface area contributed by atoms with Crippen molar-refractivity contribution in [2.75, 3.05) is 0 Å². The predicted octanol–water partition coefficient (Wildman–Crippen LogP) is 16.4. The van der Waals surface area contributed by atoms with Gasteiger partial charge in [-0.1, -0.05) is 238 Å². The van der Waals surface area contributed by atoms with Gasteiger partial charge in [0.15, 0.2) is 19.1 Å². The summed E-state index contributed by atoms with van der Waals surface area (Å²) in [5, 5.41) is 7.43. The van der Waals surface area contributed by atoms with Crippen LogP contribution in [-0.2, 0) is 37.3 Å². The second-order valence-electron chi connectivity index (χ2n) is 25.7. The van der Waals surface area contributed by atoms with Gasteiger partial charge in [-0.2, -0.15) is 16.7 Å². The fourth-order valence-electron chi connectivity index (χ4n) is 13.1. The van der Waals surface area contributed by atoms with E-state index >= 15 is 0 Å². The average Bonchev–Trinajstić information content (AvgIpc) is 1.85. The second-order valence-corrected chi connectivity index (χ2v) is 29.5. The molecule has 0 spiro atoms. The molecule has 1 aliphatic heterocycles. The molecule has 0 atom stereocenters. The molecule has 85 heavy (non-hydrogen) atoms. The molecule has 0 radical (unpaired) electrons. The summed E-state index contributed by atoms with van der Waals surface area (Å²) in [7, 11) is -2.90. The van der Waals surface area contributed by atoms with E-state index in [0.29, 0.717) is 11.5 Å². The first-order chi connectivity index (χ1) is 40.6. The number of hydrogen-bond acceptors (Lipinski definition) is 2. The Bertz CT molecular complexity index is 4600. The molecule has 0 N–H and O–H groups in total. The normalized spacial score (nSPS) is 12.4. The summed E-state index contributed by atoms with van der Waals surface area (Å²) in [6.07, 6.45) is 4.22. The van der Waals surface area contributed by atoms with Gasteiger partial charge in [-0.15, -0.1) is 29.7 Å². The molecule has 0 bridgehead atoms. The first-order valence-electron chi connectivity index (χ1n) is 29.3. The van der Waals surface area contributed by atoms with E-state index in [2.05, 4.69) is 313 Å². The topological polar surface area (TPSA) is 35.9 Å². The van der Waals surface area contributed by atoms with Gasteiger partial charge in [0.05, 0.1) is 0 Å². The SMILES string of the molecule is CC(C)(C)c1ccnc(-n2c3[c-]c(Oc4[c-]c(-n5c[n+]6c7c(cccc75)-c5ccccc5-c5ccccc5-c5cc(C(C)(C)C)cc(C(C)(C)C)c5-6)ccc4)ccc3c3ccc([Si](c4ccccc4)(c4ccccc4)c4ccccc4)cc32)c1.[Pt+2]. The Morgan fingerprint density at radius 1 is 0.435 bits per heavy atom. The molecule has 0 aliphatic carbocycles. The van der Waals surface area contributed by atoms with Gasteiger partial charge in [0.1, 0.15) is 11.5 Å². The molecule has 1 aliphatic rings. The summed E-state index contributed by atoms with van der Waals surface area (Å²) >= 11 is 0. The van der Waals surface area contributed by atoms with Crippen molar-refractivity contribution >= 4 is 61.7 Å². The van der Waals surface area contributed by atoms with Crippen LogP contribution in [0.4, 0.5) is 0 Å². The van der Waals surface area contributed by atoms with Crippen molar-refractivity contribution in [2.45, 2.75) is 78.6 Å². The van der Waals surface area contributed by atoms with Crippen molar-refractivity contribution in [2.24, 2.45) is 0 Å². The Labute approximate surface area is 515 Å². The number of nitrogens with zero attached hydrogens (tertiary/aromatic N) is 4. The number of hydrogen-bond donors (Lipinski definition) is 0. The van der Waals surface area contributed by atoms with E-state index in [9.17, 15) is 0 Å². The number of imidazole rings is 1. The minimum atomic E-state index is -2.90. The van der Waals surface area contributed by atoms with Crippen LogP contribution in [0.3, 0.4) is 0 Å². The molecule has 5 nitrogen and oxygen atoms in total. The average molecular weight is 1300 g/mol. The van der Waals surface area contributed by atoms with Crippen LogP contribution in [0, 0.1) is 12.1 Å². The van der Waals surface area contributed by atoms with Crippen LogP contribution in [-0.4, -0.2) is 22.2 Å². The minimum absolute atomic E-state index is 0. The van der Waals surface area contributed by atoms with E-state index < -0.39 is 8.07 Å². The van der Waals surface area contributed by atoms with Gasteiger partial charge in [-0.3, -0.25) is 0 Å². The maximum absolute atomic E-state index is 7.00. The van der Waals surface area contributed by atoms with Crippen LogP contribution in [0.1, 0.15) is 79.0 Å². The van der Waals surface area contributed by atoms with Gasteiger partial charge in [0, 0.05) is 45.6 Å². The molecule has 0 fully saturated rings. The third-order valence-electron chi connectivity index (χ3n) is 17.3. The fourth-order valence-corrected chi connectivity index (χ4v) is 17.8. The quantitative estimate of drug-likeness (QED) is 0.0658. The van der Waals surface area contributed by atoms with Gasteiger partial charge < -0.3 is 9.30 Å². The molecular weight excluding hydrogens is 1230 g/mol. The number of pyridine rings is 1. The Hall–Kier alpha value is -8.67. The van der Waals surface area contributed by atoms with Gasteiger partial charge in [-0.05, 0) is 112 Å². The summed E-state index contributed by atoms with van der Waals surface area (Å²) in [5.41, 5.74) is 16.8. The summed E-state index contributed by atoms with van der Waals surface area (Å²) in [5.74, 6) is 2.00. The van der Waals surface area contributed by atoms with Crippen LogP contribution in [0.15, 0.2) is 243 Å². The van der Waals surface area contributed by atoms with E-state index in [-0.39, 0.29) is 37.3 Å². The molecule has 0 saturated carbocycles. The van der Waals surface area contributed by atoms with E-state index in [4.69, 9.17) is 9.72 Å². The van der Waals surface area contributed by atoms with Crippen LogP contribution in [0.2, 0.25) is 0 Å². The van der Waals surface area contributed by atoms with Crippen LogP contribution >= 0.6 is 0 Å². The summed E-state index contributed by atoms with van der Waals surface area (Å²) in [6.45, 7) is 20.8. The van der Waals surface area contributed by atoms with Crippen molar-refractivity contribution in [1.82, 2.24) is 14.1 Å². The molecule has 3 aromatic heterocycles. The Morgan fingerprint density at radius 2 is 0.976 bits per heavy atom. The Morgan fingerprint density at radius 3 is 1.58 bits per heavy atom. The summed E-state index contributed by atoms with van der Waals surface area (Å²) in [4.78, 5) is 5.16. The molecule has 0 saturated heterocycles. The van der Waals surface area contributed by atoms with Crippen LogP contribution in [0.25, 0.3) is 83.4 Å². The molecule has 10 aromatic carbocycles. The largest absolute Gasteiger partial charge is 2.00 e. The smallest absolute Gasteiger partial charge is 0.509 e. The van der Waals surface area contributed by atoms with Crippen molar-refractivity contribution < 1.29 is 30.4 Å². The van der Waals surface area contributed by atoms with Crippen molar-refractivity contribution in [1.29, 1.82) is 0 Å². The van der Waals surface area contributed by atoms with Crippen LogP contribution in [0.5, 0.6) is 11.5 Å². The molecule has 418 valence electrons. The first kappa shape index (κ1) is 55.5. The maximum Gasteiger partial charge on any atom is 2.00 e. The van der Waals surface area contributed by atoms with Gasteiger partial charge in [0.2, 0.25) is 0 Å². The standard InChI is InChI=1S/C78H67N4OSi.Pt/c1-76(2,3)52-43-44-79-73(47-52)82-71-49-56(39-41-65(71)66-42-40-60(50-72(66)82)84(57-27-13-10-14-28-57,58-29-15-11-16-30-58)59-31-17-12-18-32-59)83-55-26-23-25-54(48-55)80-51-81-74-68(45-53(77(4,5)6)46-69(74)78(7,8)9)64-36-22-20-34-62(64)61-33-19-21-35-63(61)67-37-24-38-70(80)75(67)81;/h10-47,50-51H,1-9H3;/q-1;+2. The molecule has 13 aromatic rings. The molecule has 0 unspecified atom stereocenters. The maximum atomic E-state index is 7.00. The summed E-state index contributed by atoms with van der Waals surface area (Å²) in [6, 6.07) is 92.4. The molecule has 7 heteroatoms. The van der Waals surface area contributed by atoms with E-state index in [1.807, 2.05) is 18.3 Å².